The lowest BCUT2D eigenvalue weighted by molar-refractivity contribution is -0.173. The first-order chi connectivity index (χ1) is 19.6. The van der Waals surface area contributed by atoms with Crippen molar-refractivity contribution < 1.29 is 18.0 Å². The summed E-state index contributed by atoms with van der Waals surface area (Å²) in [5, 5.41) is 13.7. The Bertz CT molecular complexity index is 1400. The van der Waals surface area contributed by atoms with Crippen LogP contribution in [0.5, 0.6) is 0 Å². The number of halogens is 3. The molecule has 1 aromatic heterocycles. The molecule has 1 aliphatic heterocycles. The summed E-state index contributed by atoms with van der Waals surface area (Å²) in [6.45, 7) is 4.96. The quantitative estimate of drug-likeness (QED) is 0.213. The standard InChI is InChI=1S/C32H34F3N5O/c1-31(2,20-36-28(23-14-8-4-9-15-23)24-16-10-5-11-17-24)21-37-30(41)25-19-38-40-27(32(33,34)35)18-26(39-29(25)40)22-12-6-3-7-13-22/h3-17,19,26-28,36,39H,18,20-21H2,1-2H3,(H,37,41)/t26-,27+/m1/s1. The lowest BCUT2D eigenvalue weighted by Gasteiger charge is -2.34. The number of hydrogen-bond acceptors (Lipinski definition) is 4. The van der Waals surface area contributed by atoms with Crippen LogP contribution in [0.3, 0.4) is 0 Å². The van der Waals surface area contributed by atoms with Gasteiger partial charge in [0.25, 0.3) is 5.91 Å². The summed E-state index contributed by atoms with van der Waals surface area (Å²) in [5.74, 6) is -0.391. The van der Waals surface area contributed by atoms with Gasteiger partial charge < -0.3 is 16.0 Å². The van der Waals surface area contributed by atoms with Crippen LogP contribution in [0.2, 0.25) is 0 Å². The molecule has 0 spiro atoms. The molecule has 6 nitrogen and oxygen atoms in total. The first-order valence-corrected chi connectivity index (χ1v) is 13.7. The maximum atomic E-state index is 14.0. The summed E-state index contributed by atoms with van der Waals surface area (Å²) in [6, 6.07) is 26.8. The Morgan fingerprint density at radius 3 is 2.05 bits per heavy atom. The van der Waals surface area contributed by atoms with Crippen LogP contribution in [0.4, 0.5) is 19.0 Å². The number of hydrogen-bond donors (Lipinski definition) is 3. The van der Waals surface area contributed by atoms with Crippen LogP contribution in [-0.2, 0) is 0 Å². The van der Waals surface area contributed by atoms with Crippen LogP contribution in [0.1, 0.15) is 65.4 Å². The second kappa shape index (κ2) is 11.8. The summed E-state index contributed by atoms with van der Waals surface area (Å²) in [6.07, 6.45) is -3.51. The van der Waals surface area contributed by atoms with Gasteiger partial charge in [0.2, 0.25) is 0 Å². The van der Waals surface area contributed by atoms with Crippen molar-refractivity contribution in [3.8, 4) is 0 Å². The zero-order valence-electron chi connectivity index (χ0n) is 23.0. The zero-order chi connectivity index (χ0) is 29.0. The van der Waals surface area contributed by atoms with Crippen molar-refractivity contribution in [2.45, 2.75) is 44.6 Å². The van der Waals surface area contributed by atoms with Gasteiger partial charge in [-0.2, -0.15) is 18.3 Å². The van der Waals surface area contributed by atoms with E-state index < -0.39 is 24.2 Å². The van der Waals surface area contributed by atoms with E-state index in [-0.39, 0.29) is 29.3 Å². The number of aromatic nitrogens is 2. The van der Waals surface area contributed by atoms with Gasteiger partial charge in [0, 0.05) is 19.5 Å². The van der Waals surface area contributed by atoms with Gasteiger partial charge in [-0.3, -0.25) is 4.79 Å². The topological polar surface area (TPSA) is 71.0 Å². The highest BCUT2D eigenvalue weighted by atomic mass is 19.4. The molecule has 0 bridgehead atoms. The largest absolute Gasteiger partial charge is 0.410 e. The van der Waals surface area contributed by atoms with Crippen molar-refractivity contribution in [2.75, 3.05) is 18.4 Å². The number of alkyl halides is 3. The summed E-state index contributed by atoms with van der Waals surface area (Å²) >= 11 is 0. The van der Waals surface area contributed by atoms with E-state index in [1.807, 2.05) is 56.3 Å². The highest BCUT2D eigenvalue weighted by molar-refractivity contribution is 5.99. The molecule has 3 N–H and O–H groups in total. The van der Waals surface area contributed by atoms with E-state index in [2.05, 4.69) is 45.3 Å². The highest BCUT2D eigenvalue weighted by Gasteiger charge is 2.47. The number of carbonyl (C=O) groups excluding carboxylic acids is 1. The molecule has 0 radical (unpaired) electrons. The van der Waals surface area contributed by atoms with Crippen molar-refractivity contribution in [1.82, 2.24) is 20.4 Å². The van der Waals surface area contributed by atoms with Gasteiger partial charge in [0.05, 0.1) is 18.3 Å². The van der Waals surface area contributed by atoms with Gasteiger partial charge in [0.1, 0.15) is 11.4 Å². The Labute approximate surface area is 238 Å². The number of nitrogens with one attached hydrogen (secondary N) is 3. The molecule has 1 amide bonds. The Kier molecular flexibility index (Phi) is 8.17. The number of rotatable bonds is 9. The van der Waals surface area contributed by atoms with Crippen molar-refractivity contribution in [1.29, 1.82) is 0 Å². The van der Waals surface area contributed by atoms with Crippen LogP contribution in [0.25, 0.3) is 0 Å². The second-order valence-electron chi connectivity index (χ2n) is 11.2. The Balaban J connectivity index is 1.29. The molecule has 0 fully saturated rings. The third kappa shape index (κ3) is 6.62. The average molecular weight is 562 g/mol. The molecular formula is C32H34F3N5O. The minimum absolute atomic E-state index is 0.0338. The molecule has 3 aromatic carbocycles. The van der Waals surface area contributed by atoms with Crippen LogP contribution >= 0.6 is 0 Å². The molecule has 2 atom stereocenters. The second-order valence-corrected chi connectivity index (χ2v) is 11.2. The third-order valence-electron chi connectivity index (χ3n) is 7.46. The van der Waals surface area contributed by atoms with E-state index in [1.165, 1.54) is 6.20 Å². The van der Waals surface area contributed by atoms with E-state index in [0.29, 0.717) is 13.1 Å². The van der Waals surface area contributed by atoms with E-state index in [4.69, 9.17) is 0 Å². The minimum Gasteiger partial charge on any atom is -0.363 e. The molecule has 4 aromatic rings. The van der Waals surface area contributed by atoms with E-state index in [0.717, 1.165) is 21.4 Å². The van der Waals surface area contributed by atoms with Gasteiger partial charge in [-0.25, -0.2) is 4.68 Å². The fourth-order valence-electron chi connectivity index (χ4n) is 5.21. The molecule has 5 rings (SSSR count). The maximum absolute atomic E-state index is 14.0. The van der Waals surface area contributed by atoms with Crippen LogP contribution in [0.15, 0.2) is 97.2 Å². The van der Waals surface area contributed by atoms with Crippen molar-refractivity contribution in [3.63, 3.8) is 0 Å². The molecule has 0 saturated carbocycles. The maximum Gasteiger partial charge on any atom is 0.410 e. The van der Waals surface area contributed by atoms with Gasteiger partial charge in [-0.05, 0) is 22.1 Å². The fraction of sp³-hybridized carbons (Fsp3) is 0.312. The summed E-state index contributed by atoms with van der Waals surface area (Å²) in [4.78, 5) is 13.3. The lowest BCUT2D eigenvalue weighted by Crippen LogP contribution is -2.42. The molecule has 214 valence electrons. The van der Waals surface area contributed by atoms with Gasteiger partial charge in [-0.15, -0.1) is 0 Å². The average Bonchev–Trinajstić information content (AvgIpc) is 3.41. The number of amides is 1. The smallest absolute Gasteiger partial charge is 0.363 e. The number of carbonyl (C=O) groups is 1. The predicted molar refractivity (Wildman–Crippen MR) is 154 cm³/mol. The molecule has 0 saturated heterocycles. The minimum atomic E-state index is -4.51. The summed E-state index contributed by atoms with van der Waals surface area (Å²) in [7, 11) is 0. The third-order valence-corrected chi connectivity index (χ3v) is 7.46. The Morgan fingerprint density at radius 2 is 1.49 bits per heavy atom. The first kappa shape index (κ1) is 28.4. The van der Waals surface area contributed by atoms with E-state index in [1.54, 1.807) is 24.3 Å². The highest BCUT2D eigenvalue weighted by Crippen LogP contribution is 2.44. The number of nitrogens with zero attached hydrogens (tertiary/aromatic N) is 2. The lowest BCUT2D eigenvalue weighted by atomic mass is 9.91. The number of fused-ring (bicyclic) bond motifs is 1. The van der Waals surface area contributed by atoms with Crippen LogP contribution < -0.4 is 16.0 Å². The van der Waals surface area contributed by atoms with Gasteiger partial charge in [-0.1, -0.05) is 105 Å². The van der Waals surface area contributed by atoms with Gasteiger partial charge >= 0.3 is 6.18 Å². The molecule has 1 aliphatic rings. The van der Waals surface area contributed by atoms with Crippen molar-refractivity contribution >= 4 is 11.7 Å². The van der Waals surface area contributed by atoms with Crippen LogP contribution in [-0.4, -0.2) is 35.0 Å². The number of benzene rings is 3. The van der Waals surface area contributed by atoms with Crippen molar-refractivity contribution in [3.05, 3.63) is 119 Å². The zero-order valence-corrected chi connectivity index (χ0v) is 23.0. The SMILES string of the molecule is CC(C)(CNC(=O)c1cnn2c1N[C@@H](c1ccccc1)C[C@H]2C(F)(F)F)CNC(c1ccccc1)c1ccccc1. The Hall–Kier alpha value is -4.11. The molecule has 9 heteroatoms. The summed E-state index contributed by atoms with van der Waals surface area (Å²) < 4.78 is 43.0. The number of anilines is 1. The van der Waals surface area contributed by atoms with Gasteiger partial charge in [0.15, 0.2) is 6.04 Å². The van der Waals surface area contributed by atoms with Crippen molar-refractivity contribution in [2.24, 2.45) is 5.41 Å². The molecule has 2 heterocycles. The predicted octanol–water partition coefficient (Wildman–Crippen LogP) is 6.68. The Morgan fingerprint density at radius 1 is 0.927 bits per heavy atom. The summed E-state index contributed by atoms with van der Waals surface area (Å²) in [5.41, 5.74) is 2.71. The fourth-order valence-corrected chi connectivity index (χ4v) is 5.21. The molecular weight excluding hydrogens is 527 g/mol. The monoisotopic (exact) mass is 561 g/mol. The molecule has 0 aliphatic carbocycles. The first-order valence-electron chi connectivity index (χ1n) is 13.7. The normalized spacial score (nSPS) is 17.1. The molecule has 0 unspecified atom stereocenters. The van der Waals surface area contributed by atoms with E-state index >= 15 is 0 Å². The van der Waals surface area contributed by atoms with Crippen LogP contribution in [0, 0.1) is 5.41 Å². The molecule has 41 heavy (non-hydrogen) atoms. The van der Waals surface area contributed by atoms with E-state index in [9.17, 15) is 18.0 Å².